The van der Waals surface area contributed by atoms with Crippen molar-refractivity contribution >= 4 is 28.8 Å². The number of amides is 1. The zero-order chi connectivity index (χ0) is 15.2. The molecule has 0 aliphatic heterocycles. The zero-order valence-corrected chi connectivity index (χ0v) is 13.6. The van der Waals surface area contributed by atoms with Crippen LogP contribution in [-0.2, 0) is 23.6 Å². The van der Waals surface area contributed by atoms with Crippen molar-refractivity contribution in [1.82, 2.24) is 9.88 Å². The molecule has 0 spiro atoms. The van der Waals surface area contributed by atoms with E-state index in [1.807, 2.05) is 29.6 Å². The Hall–Kier alpha value is -1.59. The van der Waals surface area contributed by atoms with Gasteiger partial charge >= 0.3 is 0 Å². The molecule has 4 nitrogen and oxygen atoms in total. The number of alkyl halides is 1. The quantitative estimate of drug-likeness (QED) is 0.767. The summed E-state index contributed by atoms with van der Waals surface area (Å²) in [7, 11) is 3.43. The van der Waals surface area contributed by atoms with E-state index in [1.54, 1.807) is 19.1 Å². The number of aromatic nitrogens is 1. The lowest BCUT2D eigenvalue weighted by molar-refractivity contribution is -0.129. The van der Waals surface area contributed by atoms with Crippen LogP contribution < -0.4 is 4.74 Å². The maximum Gasteiger partial charge on any atom is 0.229 e. The molecule has 6 heteroatoms. The molecule has 1 aromatic heterocycles. The second-order valence-corrected chi connectivity index (χ2v) is 5.85. The molecule has 0 saturated carbocycles. The molecule has 1 amide bonds. The Morgan fingerprint density at radius 1 is 1.38 bits per heavy atom. The van der Waals surface area contributed by atoms with E-state index >= 15 is 0 Å². The van der Waals surface area contributed by atoms with E-state index in [2.05, 4.69) is 4.98 Å². The average molecular weight is 325 g/mol. The molecule has 2 aromatic rings. The molecule has 0 aliphatic carbocycles. The fourth-order valence-corrected chi connectivity index (χ4v) is 2.86. The molecule has 0 aliphatic rings. The van der Waals surface area contributed by atoms with E-state index in [0.717, 1.165) is 22.0 Å². The van der Waals surface area contributed by atoms with E-state index in [1.165, 1.54) is 11.3 Å². The maximum atomic E-state index is 12.2. The van der Waals surface area contributed by atoms with E-state index in [0.29, 0.717) is 18.8 Å². The van der Waals surface area contributed by atoms with Crippen LogP contribution in [0, 0.1) is 0 Å². The number of thiazole rings is 1. The molecule has 2 rings (SSSR count). The lowest BCUT2D eigenvalue weighted by Crippen LogP contribution is -2.27. The highest BCUT2D eigenvalue weighted by molar-refractivity contribution is 7.09. The summed E-state index contributed by atoms with van der Waals surface area (Å²) in [6, 6.07) is 7.69. The number of nitrogens with zero attached hydrogens (tertiary/aromatic N) is 2. The number of likely N-dealkylation sites (N-methyl/N-ethyl adjacent to an activating group) is 1. The van der Waals surface area contributed by atoms with Crippen LogP contribution in [0.4, 0.5) is 0 Å². The largest absolute Gasteiger partial charge is 0.497 e. The first-order chi connectivity index (χ1) is 10.1. The van der Waals surface area contributed by atoms with Crippen LogP contribution in [0.3, 0.4) is 0 Å². The van der Waals surface area contributed by atoms with Gasteiger partial charge in [-0.25, -0.2) is 4.98 Å². The lowest BCUT2D eigenvalue weighted by atomic mass is 10.2. The first-order valence-corrected chi connectivity index (χ1v) is 7.90. The number of halogens is 1. The van der Waals surface area contributed by atoms with Crippen LogP contribution in [0.2, 0.25) is 0 Å². The lowest BCUT2D eigenvalue weighted by Gasteiger charge is -2.16. The first-order valence-electron chi connectivity index (χ1n) is 6.48. The van der Waals surface area contributed by atoms with Gasteiger partial charge in [0.1, 0.15) is 10.8 Å². The molecule has 21 heavy (non-hydrogen) atoms. The summed E-state index contributed by atoms with van der Waals surface area (Å²) in [5.41, 5.74) is 1.88. The number of methoxy groups -OCH3 is 1. The molecule has 112 valence electrons. The molecule has 0 unspecified atom stereocenters. The van der Waals surface area contributed by atoms with Crippen LogP contribution in [0.25, 0.3) is 0 Å². The molecule has 0 N–H and O–H groups in total. The predicted octanol–water partition coefficient (Wildman–Crippen LogP) is 3.09. The van der Waals surface area contributed by atoms with Crippen molar-refractivity contribution in [3.05, 3.63) is 45.9 Å². The van der Waals surface area contributed by atoms with Crippen molar-refractivity contribution in [3.63, 3.8) is 0 Å². The van der Waals surface area contributed by atoms with Gasteiger partial charge in [0.2, 0.25) is 5.91 Å². The van der Waals surface area contributed by atoms with Gasteiger partial charge < -0.3 is 9.64 Å². The summed E-state index contributed by atoms with van der Waals surface area (Å²) in [5, 5.41) is 2.69. The Morgan fingerprint density at radius 3 is 2.67 bits per heavy atom. The summed E-state index contributed by atoms with van der Waals surface area (Å²) in [6.45, 7) is 0.566. The van der Waals surface area contributed by atoms with E-state index in [-0.39, 0.29) is 5.91 Å². The molecule has 0 saturated heterocycles. The predicted molar refractivity (Wildman–Crippen MR) is 84.8 cm³/mol. The fraction of sp³-hybridized carbons (Fsp3) is 0.333. The van der Waals surface area contributed by atoms with E-state index in [4.69, 9.17) is 16.3 Å². The van der Waals surface area contributed by atoms with Gasteiger partial charge in [-0.2, -0.15) is 0 Å². The highest BCUT2D eigenvalue weighted by Gasteiger charge is 2.12. The van der Waals surface area contributed by atoms with E-state index in [9.17, 15) is 4.79 Å². The summed E-state index contributed by atoms with van der Waals surface area (Å²) in [6.07, 6.45) is 0.314. The highest BCUT2D eigenvalue weighted by atomic mass is 35.5. The van der Waals surface area contributed by atoms with Gasteiger partial charge in [0, 0.05) is 19.0 Å². The van der Waals surface area contributed by atoms with Gasteiger partial charge in [0.05, 0.1) is 25.1 Å². The molecule has 1 heterocycles. The number of benzene rings is 1. The third-order valence-electron chi connectivity index (χ3n) is 3.04. The van der Waals surface area contributed by atoms with Crippen molar-refractivity contribution in [1.29, 1.82) is 0 Å². The van der Waals surface area contributed by atoms with Crippen molar-refractivity contribution in [2.45, 2.75) is 18.8 Å². The SMILES string of the molecule is COc1ccc(CN(C)C(=O)Cc2nc(CCl)cs2)cc1. The number of carbonyl (C=O) groups excluding carboxylic acids is 1. The van der Waals surface area contributed by atoms with Crippen LogP contribution in [0.1, 0.15) is 16.3 Å². The molecule has 0 fully saturated rings. The van der Waals surface area contributed by atoms with Gasteiger partial charge in [-0.1, -0.05) is 12.1 Å². The Bertz CT molecular complexity index is 598. The minimum atomic E-state index is 0.0429. The number of hydrogen-bond donors (Lipinski definition) is 0. The van der Waals surface area contributed by atoms with Gasteiger partial charge in [-0.05, 0) is 17.7 Å². The smallest absolute Gasteiger partial charge is 0.229 e. The van der Waals surface area contributed by atoms with Gasteiger partial charge in [0.15, 0.2) is 0 Å². The third-order valence-corrected chi connectivity index (χ3v) is 4.21. The van der Waals surface area contributed by atoms with Gasteiger partial charge in [-0.15, -0.1) is 22.9 Å². The Kier molecular flexibility index (Phi) is 5.59. The van der Waals surface area contributed by atoms with Crippen molar-refractivity contribution in [3.8, 4) is 5.75 Å². The first kappa shape index (κ1) is 15.8. The molecular weight excluding hydrogens is 308 g/mol. The summed E-state index contributed by atoms with van der Waals surface area (Å²) in [4.78, 5) is 18.2. The second-order valence-electron chi connectivity index (χ2n) is 4.64. The monoisotopic (exact) mass is 324 g/mol. The minimum Gasteiger partial charge on any atom is -0.497 e. The Labute approximate surface area is 133 Å². The standard InChI is InChI=1S/C15H17ClN2O2S/c1-18(9-11-3-5-13(20-2)6-4-11)15(19)7-14-17-12(8-16)10-21-14/h3-6,10H,7-9H2,1-2H3. The van der Waals surface area contributed by atoms with Crippen LogP contribution in [0.5, 0.6) is 5.75 Å². The van der Waals surface area contributed by atoms with Crippen LogP contribution >= 0.6 is 22.9 Å². The normalized spacial score (nSPS) is 10.4. The third kappa shape index (κ3) is 4.44. The zero-order valence-electron chi connectivity index (χ0n) is 12.0. The minimum absolute atomic E-state index is 0.0429. The molecule has 1 aromatic carbocycles. The molecule has 0 bridgehead atoms. The van der Waals surface area contributed by atoms with Crippen molar-refractivity contribution in [2.75, 3.05) is 14.2 Å². The summed E-state index contributed by atoms with van der Waals surface area (Å²) < 4.78 is 5.12. The number of ether oxygens (including phenoxy) is 1. The van der Waals surface area contributed by atoms with Crippen molar-refractivity contribution < 1.29 is 9.53 Å². The fourth-order valence-electron chi connectivity index (χ4n) is 1.85. The maximum absolute atomic E-state index is 12.2. The Morgan fingerprint density at radius 2 is 2.10 bits per heavy atom. The van der Waals surface area contributed by atoms with E-state index < -0.39 is 0 Å². The molecule has 0 atom stereocenters. The van der Waals surface area contributed by atoms with Crippen molar-refractivity contribution in [2.24, 2.45) is 0 Å². The van der Waals surface area contributed by atoms with Crippen LogP contribution in [0.15, 0.2) is 29.6 Å². The number of rotatable bonds is 6. The molecular formula is C15H17ClN2O2S. The van der Waals surface area contributed by atoms with Gasteiger partial charge in [-0.3, -0.25) is 4.79 Å². The average Bonchev–Trinajstić information content (AvgIpc) is 2.95. The number of carbonyl (C=O) groups is 1. The number of hydrogen-bond acceptors (Lipinski definition) is 4. The van der Waals surface area contributed by atoms with Crippen LogP contribution in [-0.4, -0.2) is 29.9 Å². The second kappa shape index (κ2) is 7.43. The summed E-state index contributed by atoms with van der Waals surface area (Å²) >= 11 is 7.18. The Balaban J connectivity index is 1.92. The molecule has 0 radical (unpaired) electrons. The topological polar surface area (TPSA) is 42.4 Å². The van der Waals surface area contributed by atoms with Gasteiger partial charge in [0.25, 0.3) is 0 Å². The highest BCUT2D eigenvalue weighted by Crippen LogP contribution is 2.15. The summed E-state index contributed by atoms with van der Waals surface area (Å²) in [5.74, 6) is 1.23.